The van der Waals surface area contributed by atoms with Gasteiger partial charge in [-0.1, -0.05) is 0 Å². The summed E-state index contributed by atoms with van der Waals surface area (Å²) in [5, 5.41) is 14.1. The normalized spacial score (nSPS) is 10.2. The van der Waals surface area contributed by atoms with Crippen molar-refractivity contribution < 1.29 is 0 Å². The number of nitrogens with one attached hydrogen (secondary N) is 2. The molecule has 0 aliphatic carbocycles. The Hall–Kier alpha value is -1.78. The lowest BCUT2D eigenvalue weighted by Gasteiger charge is -1.98. The van der Waals surface area contributed by atoms with E-state index in [9.17, 15) is 0 Å². The molecule has 68 valence electrons. The molecule has 5 nitrogen and oxygen atoms in total. The quantitative estimate of drug-likeness (QED) is 0.727. The molecular weight excluding hydrogens is 166 g/mol. The van der Waals surface area contributed by atoms with Crippen LogP contribution in [0.2, 0.25) is 0 Å². The van der Waals surface area contributed by atoms with Crippen LogP contribution in [-0.2, 0) is 13.6 Å². The van der Waals surface area contributed by atoms with Gasteiger partial charge in [-0.2, -0.15) is 10.2 Å². The highest BCUT2D eigenvalue weighted by Gasteiger charge is 1.96. The van der Waals surface area contributed by atoms with E-state index in [1.54, 1.807) is 10.9 Å². The van der Waals surface area contributed by atoms with Gasteiger partial charge < -0.3 is 5.32 Å². The summed E-state index contributed by atoms with van der Waals surface area (Å²) < 4.78 is 1.76. The Morgan fingerprint density at radius 3 is 3.08 bits per heavy atom. The summed E-state index contributed by atoms with van der Waals surface area (Å²) in [6.07, 6.45) is 3.63. The molecular formula is C8H11N5. The van der Waals surface area contributed by atoms with Crippen LogP contribution in [0.3, 0.4) is 0 Å². The van der Waals surface area contributed by atoms with Gasteiger partial charge in [0.2, 0.25) is 0 Å². The fourth-order valence-corrected chi connectivity index (χ4v) is 1.08. The van der Waals surface area contributed by atoms with Crippen LogP contribution in [0.1, 0.15) is 5.69 Å². The van der Waals surface area contributed by atoms with Gasteiger partial charge in [-0.3, -0.25) is 9.78 Å². The van der Waals surface area contributed by atoms with Crippen molar-refractivity contribution in [1.29, 1.82) is 0 Å². The molecule has 0 unspecified atom stereocenters. The average Bonchev–Trinajstić information content (AvgIpc) is 2.71. The van der Waals surface area contributed by atoms with E-state index in [1.807, 2.05) is 25.4 Å². The van der Waals surface area contributed by atoms with Crippen molar-refractivity contribution in [3.05, 3.63) is 30.2 Å². The Morgan fingerprint density at radius 1 is 1.54 bits per heavy atom. The second-order valence-corrected chi connectivity index (χ2v) is 2.81. The first-order valence-corrected chi connectivity index (χ1v) is 4.06. The van der Waals surface area contributed by atoms with Crippen molar-refractivity contribution in [2.24, 2.45) is 7.05 Å². The molecule has 13 heavy (non-hydrogen) atoms. The molecule has 2 aromatic heterocycles. The number of H-pyrrole nitrogens is 1. The monoisotopic (exact) mass is 177 g/mol. The molecule has 0 bridgehead atoms. The molecule has 0 amide bonds. The summed E-state index contributed by atoms with van der Waals surface area (Å²) in [4.78, 5) is 0. The van der Waals surface area contributed by atoms with Gasteiger partial charge in [0.25, 0.3) is 0 Å². The summed E-state index contributed by atoms with van der Waals surface area (Å²) in [7, 11) is 1.89. The predicted octanol–water partition coefficient (Wildman–Crippen LogP) is 0.755. The van der Waals surface area contributed by atoms with Crippen LogP contribution in [0.25, 0.3) is 0 Å². The lowest BCUT2D eigenvalue weighted by Crippen LogP contribution is -2.01. The van der Waals surface area contributed by atoms with Gasteiger partial charge in [-0.25, -0.2) is 0 Å². The molecule has 0 radical (unpaired) electrons. The Balaban J connectivity index is 1.93. The zero-order valence-electron chi connectivity index (χ0n) is 7.36. The average molecular weight is 177 g/mol. The highest BCUT2D eigenvalue weighted by atomic mass is 15.3. The Morgan fingerprint density at radius 2 is 2.46 bits per heavy atom. The maximum absolute atomic E-state index is 4.18. The lowest BCUT2D eigenvalue weighted by atomic mass is 10.4. The van der Waals surface area contributed by atoms with Gasteiger partial charge in [-0.15, -0.1) is 0 Å². The van der Waals surface area contributed by atoms with Crippen molar-refractivity contribution in [2.45, 2.75) is 6.54 Å². The topological polar surface area (TPSA) is 58.5 Å². The molecule has 0 saturated heterocycles. The van der Waals surface area contributed by atoms with E-state index in [0.717, 1.165) is 18.1 Å². The van der Waals surface area contributed by atoms with Crippen molar-refractivity contribution >= 4 is 5.82 Å². The Kier molecular flexibility index (Phi) is 1.99. The summed E-state index contributed by atoms with van der Waals surface area (Å²) in [6.45, 7) is 0.719. The van der Waals surface area contributed by atoms with E-state index < -0.39 is 0 Å². The first-order chi connectivity index (χ1) is 6.34. The van der Waals surface area contributed by atoms with Crippen molar-refractivity contribution in [2.75, 3.05) is 5.32 Å². The van der Waals surface area contributed by atoms with Crippen molar-refractivity contribution in [3.63, 3.8) is 0 Å². The van der Waals surface area contributed by atoms with Gasteiger partial charge in [0.1, 0.15) is 5.82 Å². The first kappa shape index (κ1) is 7.85. The molecule has 0 fully saturated rings. The van der Waals surface area contributed by atoms with E-state index in [4.69, 9.17) is 0 Å². The Bertz CT molecular complexity index is 362. The summed E-state index contributed by atoms with van der Waals surface area (Å²) >= 11 is 0. The van der Waals surface area contributed by atoms with Crippen LogP contribution >= 0.6 is 0 Å². The Labute approximate surface area is 75.8 Å². The van der Waals surface area contributed by atoms with E-state index in [0.29, 0.717) is 0 Å². The largest absolute Gasteiger partial charge is 0.363 e. The number of anilines is 1. The third-order valence-corrected chi connectivity index (χ3v) is 1.73. The van der Waals surface area contributed by atoms with E-state index in [1.165, 1.54) is 0 Å². The second-order valence-electron chi connectivity index (χ2n) is 2.81. The number of hydrogen-bond donors (Lipinski definition) is 2. The van der Waals surface area contributed by atoms with Crippen molar-refractivity contribution in [3.8, 4) is 0 Å². The lowest BCUT2D eigenvalue weighted by molar-refractivity contribution is 0.767. The minimum absolute atomic E-state index is 0.719. The standard InChI is InChI=1S/C8H11N5/c1-13-5-3-8(12-13)9-6-7-2-4-10-11-7/h2-5H,6H2,1H3,(H,9,12)(H,10,11). The van der Waals surface area contributed by atoms with Crippen molar-refractivity contribution in [1.82, 2.24) is 20.0 Å². The SMILES string of the molecule is Cn1ccc(NCc2ccn[nH]2)n1. The van der Waals surface area contributed by atoms with Crippen LogP contribution < -0.4 is 5.32 Å². The minimum atomic E-state index is 0.719. The fourth-order valence-electron chi connectivity index (χ4n) is 1.08. The molecule has 0 atom stereocenters. The molecule has 0 aliphatic rings. The number of hydrogen-bond acceptors (Lipinski definition) is 3. The summed E-state index contributed by atoms with van der Waals surface area (Å²) in [5.41, 5.74) is 1.05. The first-order valence-electron chi connectivity index (χ1n) is 4.06. The molecule has 2 aromatic rings. The van der Waals surface area contributed by atoms with E-state index >= 15 is 0 Å². The zero-order valence-corrected chi connectivity index (χ0v) is 7.36. The molecule has 0 saturated carbocycles. The highest BCUT2D eigenvalue weighted by molar-refractivity contribution is 5.32. The number of nitrogens with zero attached hydrogens (tertiary/aromatic N) is 3. The maximum Gasteiger partial charge on any atom is 0.148 e. The molecule has 5 heteroatoms. The van der Waals surface area contributed by atoms with Gasteiger partial charge in [0.15, 0.2) is 0 Å². The number of rotatable bonds is 3. The molecule has 2 rings (SSSR count). The van der Waals surface area contributed by atoms with Crippen LogP contribution in [0.15, 0.2) is 24.5 Å². The molecule has 0 aromatic carbocycles. The summed E-state index contributed by atoms with van der Waals surface area (Å²) in [5.74, 6) is 0.872. The van der Waals surface area contributed by atoms with E-state index in [2.05, 4.69) is 20.6 Å². The smallest absolute Gasteiger partial charge is 0.148 e. The molecule has 0 aliphatic heterocycles. The van der Waals surface area contributed by atoms with Crippen LogP contribution in [0.4, 0.5) is 5.82 Å². The third kappa shape index (κ3) is 1.87. The zero-order chi connectivity index (χ0) is 9.10. The number of aromatic amines is 1. The van der Waals surface area contributed by atoms with Crippen LogP contribution in [-0.4, -0.2) is 20.0 Å². The van der Waals surface area contributed by atoms with Crippen LogP contribution in [0, 0.1) is 0 Å². The van der Waals surface area contributed by atoms with Gasteiger partial charge in [0, 0.05) is 25.5 Å². The van der Waals surface area contributed by atoms with Gasteiger partial charge >= 0.3 is 0 Å². The molecule has 0 spiro atoms. The number of aromatic nitrogens is 4. The van der Waals surface area contributed by atoms with Gasteiger partial charge in [-0.05, 0) is 6.07 Å². The predicted molar refractivity (Wildman–Crippen MR) is 49.1 cm³/mol. The summed E-state index contributed by atoms with van der Waals surface area (Å²) in [6, 6.07) is 3.85. The third-order valence-electron chi connectivity index (χ3n) is 1.73. The number of aryl methyl sites for hydroxylation is 1. The minimum Gasteiger partial charge on any atom is -0.363 e. The molecule has 2 N–H and O–H groups in total. The van der Waals surface area contributed by atoms with Crippen LogP contribution in [0.5, 0.6) is 0 Å². The molecule has 2 heterocycles. The fraction of sp³-hybridized carbons (Fsp3) is 0.250. The second kappa shape index (κ2) is 3.30. The maximum atomic E-state index is 4.18. The van der Waals surface area contributed by atoms with Gasteiger partial charge in [0.05, 0.1) is 12.2 Å². The highest BCUT2D eigenvalue weighted by Crippen LogP contribution is 2.02. The van der Waals surface area contributed by atoms with E-state index in [-0.39, 0.29) is 0 Å².